The molecule has 1 saturated heterocycles. The Balaban J connectivity index is 2.33. The van der Waals surface area contributed by atoms with Crippen LogP contribution in [0.25, 0.3) is 0 Å². The molecule has 2 heterocycles. The quantitative estimate of drug-likeness (QED) is 0.407. The first kappa shape index (κ1) is 8.25. The van der Waals surface area contributed by atoms with Crippen molar-refractivity contribution in [2.75, 3.05) is 0 Å². The largest absolute Gasteiger partial charge is 0.481 e. The van der Waals surface area contributed by atoms with E-state index in [1.807, 2.05) is 0 Å². The maximum Gasteiger partial charge on any atom is 0.315 e. The van der Waals surface area contributed by atoms with Crippen LogP contribution in [0.1, 0.15) is 0 Å². The number of hydrogen-bond donors (Lipinski definition) is 2. The number of aliphatic carboxylic acids is 1. The smallest absolute Gasteiger partial charge is 0.315 e. The number of carbonyl (C=O) groups is 2. The molecule has 4 atom stereocenters. The third kappa shape index (κ3) is 1.04. The van der Waals surface area contributed by atoms with E-state index in [1.165, 1.54) is 0 Å². The fourth-order valence-corrected chi connectivity index (χ4v) is 1.79. The van der Waals surface area contributed by atoms with E-state index in [1.54, 1.807) is 12.2 Å². The van der Waals surface area contributed by atoms with Crippen LogP contribution in [0.15, 0.2) is 12.2 Å². The Labute approximate surface area is 74.2 Å². The third-order valence-corrected chi connectivity index (χ3v) is 2.50. The third-order valence-electron chi connectivity index (χ3n) is 2.50. The van der Waals surface area contributed by atoms with Gasteiger partial charge in [-0.15, -0.1) is 0 Å². The summed E-state index contributed by atoms with van der Waals surface area (Å²) in [5, 5.41) is 8.81. The molecule has 3 N–H and O–H groups in total. The molecule has 5 nitrogen and oxygen atoms in total. The number of carbonyl (C=O) groups excluding carboxylic acids is 1. The maximum absolute atomic E-state index is 11.1. The lowest BCUT2D eigenvalue weighted by Crippen LogP contribution is -2.57. The molecule has 0 aromatic heterocycles. The van der Waals surface area contributed by atoms with Crippen molar-refractivity contribution in [2.45, 2.75) is 12.1 Å². The lowest BCUT2D eigenvalue weighted by atomic mass is 9.77. The minimum Gasteiger partial charge on any atom is -0.481 e. The van der Waals surface area contributed by atoms with Gasteiger partial charge in [0.1, 0.15) is 12.0 Å². The van der Waals surface area contributed by atoms with Crippen molar-refractivity contribution in [3.05, 3.63) is 12.2 Å². The molecule has 0 unspecified atom stereocenters. The number of rotatable bonds is 1. The van der Waals surface area contributed by atoms with E-state index in [0.717, 1.165) is 0 Å². The minimum absolute atomic E-state index is 0.419. The number of hydrogen-bond acceptors (Lipinski definition) is 4. The van der Waals surface area contributed by atoms with Crippen LogP contribution in [-0.2, 0) is 14.3 Å². The maximum atomic E-state index is 11.1. The number of fused-ring (bicyclic) bond motifs is 2. The van der Waals surface area contributed by atoms with Crippen molar-refractivity contribution in [1.82, 2.24) is 0 Å². The van der Waals surface area contributed by atoms with Gasteiger partial charge < -0.3 is 15.6 Å². The number of carboxylic acid groups (broad SMARTS) is 1. The van der Waals surface area contributed by atoms with Crippen molar-refractivity contribution in [1.29, 1.82) is 0 Å². The molecule has 5 heteroatoms. The van der Waals surface area contributed by atoms with E-state index >= 15 is 0 Å². The molecule has 0 aromatic carbocycles. The molecule has 0 spiro atoms. The normalized spacial score (nSPS) is 41.8. The zero-order valence-electron chi connectivity index (χ0n) is 6.71. The fraction of sp³-hybridized carbons (Fsp3) is 0.500. The second-order valence-corrected chi connectivity index (χ2v) is 3.25. The summed E-state index contributed by atoms with van der Waals surface area (Å²) < 4.78 is 4.84. The Morgan fingerprint density at radius 1 is 1.54 bits per heavy atom. The first-order valence-corrected chi connectivity index (χ1v) is 3.98. The molecule has 3 rings (SSSR count). The zero-order valence-corrected chi connectivity index (χ0v) is 6.71. The zero-order chi connectivity index (χ0) is 9.59. The van der Waals surface area contributed by atoms with Crippen LogP contribution in [-0.4, -0.2) is 29.2 Å². The molecule has 1 fully saturated rings. The Hall–Kier alpha value is -1.36. The highest BCUT2D eigenvalue weighted by Gasteiger charge is 2.48. The second-order valence-electron chi connectivity index (χ2n) is 3.25. The highest BCUT2D eigenvalue weighted by Crippen LogP contribution is 2.32. The van der Waals surface area contributed by atoms with Crippen LogP contribution in [0, 0.1) is 11.8 Å². The lowest BCUT2D eigenvalue weighted by molar-refractivity contribution is -0.170. The Bertz CT molecular complexity index is 299. The van der Waals surface area contributed by atoms with Crippen molar-refractivity contribution >= 4 is 11.9 Å². The first-order chi connectivity index (χ1) is 6.11. The van der Waals surface area contributed by atoms with Gasteiger partial charge >= 0.3 is 11.9 Å². The summed E-state index contributed by atoms with van der Waals surface area (Å²) in [6.07, 6.45) is 2.53. The van der Waals surface area contributed by atoms with Crippen LogP contribution in [0.4, 0.5) is 0 Å². The van der Waals surface area contributed by atoms with Gasteiger partial charge in [-0.2, -0.15) is 0 Å². The molecular formula is C8H9NO4. The molecule has 3 aliphatic rings. The van der Waals surface area contributed by atoms with Gasteiger partial charge in [0, 0.05) is 6.04 Å². The molecule has 0 saturated carbocycles. The number of esters is 1. The summed E-state index contributed by atoms with van der Waals surface area (Å²) in [5.41, 5.74) is 5.62. The van der Waals surface area contributed by atoms with E-state index in [0.29, 0.717) is 0 Å². The second kappa shape index (κ2) is 2.56. The highest BCUT2D eigenvalue weighted by molar-refractivity contribution is 5.83. The standard InChI is InChI=1S/C8H9NO4/c9-6-3-1-2-4(13-8(3)12)5(6)7(10)11/h1-6H,9H2,(H,10,11)/t3-,4+,5-,6+/m0/s1. The molecule has 0 amide bonds. The van der Waals surface area contributed by atoms with Crippen molar-refractivity contribution in [2.24, 2.45) is 17.6 Å². The molecule has 2 bridgehead atoms. The van der Waals surface area contributed by atoms with E-state index in [9.17, 15) is 9.59 Å². The van der Waals surface area contributed by atoms with E-state index in [-0.39, 0.29) is 0 Å². The van der Waals surface area contributed by atoms with Gasteiger partial charge in [-0.1, -0.05) is 6.08 Å². The SMILES string of the molecule is N[C@H]1[C@@H](C(=O)O)[C@H]2C=C[C@@H]1C(=O)O2. The average molecular weight is 183 g/mol. The Kier molecular flexibility index (Phi) is 1.63. The molecule has 2 aliphatic heterocycles. The Morgan fingerprint density at radius 3 is 2.69 bits per heavy atom. The van der Waals surface area contributed by atoms with Crippen molar-refractivity contribution in [3.8, 4) is 0 Å². The highest BCUT2D eigenvalue weighted by atomic mass is 16.5. The molecule has 70 valence electrons. The molecular weight excluding hydrogens is 174 g/mol. The van der Waals surface area contributed by atoms with Crippen molar-refractivity contribution < 1.29 is 19.4 Å². The van der Waals surface area contributed by atoms with Gasteiger partial charge in [0.25, 0.3) is 0 Å². The van der Waals surface area contributed by atoms with E-state index < -0.39 is 35.9 Å². The van der Waals surface area contributed by atoms with Crippen LogP contribution in [0.3, 0.4) is 0 Å². The molecule has 13 heavy (non-hydrogen) atoms. The van der Waals surface area contributed by atoms with Gasteiger partial charge in [-0.25, -0.2) is 0 Å². The van der Waals surface area contributed by atoms with E-state index in [4.69, 9.17) is 15.6 Å². The Morgan fingerprint density at radius 2 is 2.23 bits per heavy atom. The van der Waals surface area contributed by atoms with Gasteiger partial charge in [-0.3, -0.25) is 9.59 Å². The average Bonchev–Trinajstić information content (AvgIpc) is 2.03. The van der Waals surface area contributed by atoms with Crippen LogP contribution in [0.2, 0.25) is 0 Å². The summed E-state index contributed by atoms with van der Waals surface area (Å²) in [7, 11) is 0. The molecule has 1 aliphatic carbocycles. The fourth-order valence-electron chi connectivity index (χ4n) is 1.79. The van der Waals surface area contributed by atoms with Crippen molar-refractivity contribution in [3.63, 3.8) is 0 Å². The predicted octanol–water partition coefficient (Wildman–Crippen LogP) is -0.874. The molecule has 0 aromatic rings. The van der Waals surface area contributed by atoms with Gasteiger partial charge in [-0.05, 0) is 6.08 Å². The van der Waals surface area contributed by atoms with Gasteiger partial charge in [0.15, 0.2) is 0 Å². The van der Waals surface area contributed by atoms with Crippen LogP contribution < -0.4 is 5.73 Å². The summed E-state index contributed by atoms with van der Waals surface area (Å²) in [4.78, 5) is 21.8. The van der Waals surface area contributed by atoms with Gasteiger partial charge in [0.05, 0.1) is 5.92 Å². The number of ether oxygens (including phenoxy) is 1. The summed E-state index contributed by atoms with van der Waals surface area (Å²) in [5.74, 6) is -2.82. The first-order valence-electron chi connectivity index (χ1n) is 3.98. The van der Waals surface area contributed by atoms with Crippen LogP contribution >= 0.6 is 0 Å². The lowest BCUT2D eigenvalue weighted by Gasteiger charge is -2.39. The summed E-state index contributed by atoms with van der Waals surface area (Å²) in [6, 6.07) is -0.659. The monoisotopic (exact) mass is 183 g/mol. The number of nitrogens with two attached hydrogens (primary N) is 1. The summed E-state index contributed by atoms with van der Waals surface area (Å²) in [6.45, 7) is 0. The van der Waals surface area contributed by atoms with Crippen LogP contribution in [0.5, 0.6) is 0 Å². The minimum atomic E-state index is -1.01. The summed E-state index contributed by atoms with van der Waals surface area (Å²) >= 11 is 0. The molecule has 0 radical (unpaired) electrons. The van der Waals surface area contributed by atoms with Gasteiger partial charge in [0.2, 0.25) is 0 Å². The van der Waals surface area contributed by atoms with E-state index in [2.05, 4.69) is 0 Å². The number of carboxylic acids is 1. The topological polar surface area (TPSA) is 89.6 Å². The predicted molar refractivity (Wildman–Crippen MR) is 41.6 cm³/mol.